The van der Waals surface area contributed by atoms with E-state index in [1.54, 1.807) is 36.2 Å². The van der Waals surface area contributed by atoms with Gasteiger partial charge in [-0.25, -0.2) is 4.98 Å². The molecule has 0 aliphatic carbocycles. The maximum atomic E-state index is 12.8. The third kappa shape index (κ3) is 4.78. The van der Waals surface area contributed by atoms with Crippen LogP contribution in [0.1, 0.15) is 12.7 Å². The zero-order chi connectivity index (χ0) is 22.5. The maximum absolute atomic E-state index is 12.8. The molecule has 0 fully saturated rings. The van der Waals surface area contributed by atoms with Crippen LogP contribution in [0.4, 0.5) is 11.4 Å². The molecule has 0 atom stereocenters. The van der Waals surface area contributed by atoms with Gasteiger partial charge in [-0.05, 0) is 48.5 Å². The van der Waals surface area contributed by atoms with Crippen molar-refractivity contribution in [1.29, 1.82) is 0 Å². The van der Waals surface area contributed by atoms with E-state index in [0.29, 0.717) is 11.5 Å². The van der Waals surface area contributed by atoms with E-state index in [9.17, 15) is 9.59 Å². The van der Waals surface area contributed by atoms with Crippen LogP contribution in [-0.2, 0) is 22.7 Å². The molecular formula is C25H24N4O3. The highest BCUT2D eigenvalue weighted by molar-refractivity contribution is 5.93. The van der Waals surface area contributed by atoms with Crippen LogP contribution in [0.5, 0.6) is 5.75 Å². The molecule has 4 aromatic rings. The van der Waals surface area contributed by atoms with Crippen LogP contribution in [0, 0.1) is 0 Å². The van der Waals surface area contributed by atoms with Crippen LogP contribution in [0.2, 0.25) is 0 Å². The standard InChI is InChI=1S/C25H24N4O3/c1-18(30)28(2)20-14-12-19(13-15-20)26-25(31)16-29-23-11-7-6-10-22(23)27-24(29)17-32-21-8-4-3-5-9-21/h3-15H,16-17H2,1-2H3,(H,26,31). The molecule has 32 heavy (non-hydrogen) atoms. The van der Waals surface area contributed by atoms with Crippen LogP contribution in [0.15, 0.2) is 78.9 Å². The molecule has 3 aromatic carbocycles. The van der Waals surface area contributed by atoms with Crippen molar-refractivity contribution in [2.24, 2.45) is 0 Å². The third-order valence-corrected chi connectivity index (χ3v) is 5.16. The van der Waals surface area contributed by atoms with Crippen molar-refractivity contribution >= 4 is 34.2 Å². The van der Waals surface area contributed by atoms with Gasteiger partial charge < -0.3 is 19.5 Å². The molecule has 1 heterocycles. The summed E-state index contributed by atoms with van der Waals surface area (Å²) in [5.74, 6) is 1.18. The normalized spacial score (nSPS) is 10.7. The van der Waals surface area contributed by atoms with Crippen molar-refractivity contribution in [1.82, 2.24) is 9.55 Å². The molecule has 1 aromatic heterocycles. The van der Waals surface area contributed by atoms with Gasteiger partial charge in [0, 0.05) is 25.3 Å². The first-order chi connectivity index (χ1) is 15.5. The number of hydrogen-bond acceptors (Lipinski definition) is 4. The van der Waals surface area contributed by atoms with Gasteiger partial charge in [-0.3, -0.25) is 9.59 Å². The number of benzene rings is 3. The number of imidazole rings is 1. The lowest BCUT2D eigenvalue weighted by Crippen LogP contribution is -2.23. The number of para-hydroxylation sites is 3. The fourth-order valence-corrected chi connectivity index (χ4v) is 3.37. The number of nitrogens with zero attached hydrogens (tertiary/aromatic N) is 3. The van der Waals surface area contributed by atoms with E-state index in [-0.39, 0.29) is 25.0 Å². The Bertz CT molecular complexity index is 1230. The largest absolute Gasteiger partial charge is 0.486 e. The Hall–Kier alpha value is -4.13. The second kappa shape index (κ2) is 9.34. The lowest BCUT2D eigenvalue weighted by molar-refractivity contribution is -0.117. The molecule has 0 bridgehead atoms. The van der Waals surface area contributed by atoms with Crippen molar-refractivity contribution in [3.63, 3.8) is 0 Å². The van der Waals surface area contributed by atoms with Crippen LogP contribution in [-0.4, -0.2) is 28.4 Å². The third-order valence-electron chi connectivity index (χ3n) is 5.16. The molecule has 0 spiro atoms. The highest BCUT2D eigenvalue weighted by Crippen LogP contribution is 2.20. The number of aromatic nitrogens is 2. The second-order valence-corrected chi connectivity index (χ2v) is 7.38. The summed E-state index contributed by atoms with van der Waals surface area (Å²) in [6, 6.07) is 24.3. The van der Waals surface area contributed by atoms with Gasteiger partial charge in [-0.15, -0.1) is 0 Å². The van der Waals surface area contributed by atoms with E-state index in [4.69, 9.17) is 4.74 Å². The first-order valence-electron chi connectivity index (χ1n) is 10.3. The zero-order valence-electron chi connectivity index (χ0n) is 18.0. The van der Waals surface area contributed by atoms with Crippen molar-refractivity contribution < 1.29 is 14.3 Å². The minimum Gasteiger partial charge on any atom is -0.486 e. The summed E-state index contributed by atoms with van der Waals surface area (Å²) >= 11 is 0. The number of ether oxygens (including phenoxy) is 1. The van der Waals surface area contributed by atoms with E-state index >= 15 is 0 Å². The Morgan fingerprint density at radius 2 is 1.66 bits per heavy atom. The second-order valence-electron chi connectivity index (χ2n) is 7.38. The first kappa shape index (κ1) is 21.1. The number of fused-ring (bicyclic) bond motifs is 1. The number of amides is 2. The van der Waals surface area contributed by atoms with E-state index < -0.39 is 0 Å². The predicted molar refractivity (Wildman–Crippen MR) is 125 cm³/mol. The van der Waals surface area contributed by atoms with E-state index in [2.05, 4.69) is 10.3 Å². The molecule has 0 saturated carbocycles. The highest BCUT2D eigenvalue weighted by Gasteiger charge is 2.15. The average molecular weight is 428 g/mol. The maximum Gasteiger partial charge on any atom is 0.244 e. The number of carbonyl (C=O) groups excluding carboxylic acids is 2. The van der Waals surface area contributed by atoms with Gasteiger partial charge in [0.25, 0.3) is 0 Å². The Morgan fingerprint density at radius 1 is 0.969 bits per heavy atom. The molecule has 0 aliphatic rings. The molecule has 0 aliphatic heterocycles. The Balaban J connectivity index is 1.50. The molecule has 1 N–H and O–H groups in total. The van der Waals surface area contributed by atoms with Crippen LogP contribution >= 0.6 is 0 Å². The number of hydrogen-bond donors (Lipinski definition) is 1. The number of nitrogens with one attached hydrogen (secondary N) is 1. The minimum atomic E-state index is -0.179. The summed E-state index contributed by atoms with van der Waals surface area (Å²) in [4.78, 5) is 30.5. The van der Waals surface area contributed by atoms with E-state index in [1.165, 1.54) is 6.92 Å². The Labute approximate surface area is 186 Å². The van der Waals surface area contributed by atoms with Crippen LogP contribution < -0.4 is 15.0 Å². The molecule has 0 unspecified atom stereocenters. The number of rotatable bonds is 7. The summed E-state index contributed by atoms with van der Waals surface area (Å²) < 4.78 is 7.74. The highest BCUT2D eigenvalue weighted by atomic mass is 16.5. The summed E-state index contributed by atoms with van der Waals surface area (Å²) in [7, 11) is 1.71. The van der Waals surface area contributed by atoms with Gasteiger partial charge in [0.15, 0.2) is 0 Å². The molecule has 0 radical (unpaired) electrons. The van der Waals surface area contributed by atoms with Gasteiger partial charge in [-0.2, -0.15) is 0 Å². The van der Waals surface area contributed by atoms with Gasteiger partial charge in [-0.1, -0.05) is 30.3 Å². The van der Waals surface area contributed by atoms with Crippen molar-refractivity contribution in [3.05, 3.63) is 84.7 Å². The quantitative estimate of drug-likeness (QED) is 0.478. The average Bonchev–Trinajstić information content (AvgIpc) is 3.15. The minimum absolute atomic E-state index is 0.0565. The van der Waals surface area contributed by atoms with Gasteiger partial charge >= 0.3 is 0 Å². The molecular weight excluding hydrogens is 404 g/mol. The SMILES string of the molecule is CC(=O)N(C)c1ccc(NC(=O)Cn2c(COc3ccccc3)nc3ccccc32)cc1. The molecule has 4 rings (SSSR count). The van der Waals surface area contributed by atoms with Crippen LogP contribution in [0.3, 0.4) is 0 Å². The van der Waals surface area contributed by atoms with Gasteiger partial charge in [0.05, 0.1) is 11.0 Å². The molecule has 0 saturated heterocycles. The first-order valence-corrected chi connectivity index (χ1v) is 10.3. The number of anilines is 2. The van der Waals surface area contributed by atoms with Crippen LogP contribution in [0.25, 0.3) is 11.0 Å². The molecule has 7 nitrogen and oxygen atoms in total. The lowest BCUT2D eigenvalue weighted by atomic mass is 10.2. The summed E-state index contributed by atoms with van der Waals surface area (Å²) in [6.07, 6.45) is 0. The smallest absolute Gasteiger partial charge is 0.244 e. The number of carbonyl (C=O) groups is 2. The van der Waals surface area contributed by atoms with Crippen molar-refractivity contribution in [2.45, 2.75) is 20.1 Å². The van der Waals surface area contributed by atoms with Gasteiger partial charge in [0.2, 0.25) is 11.8 Å². The summed E-state index contributed by atoms with van der Waals surface area (Å²) in [5, 5.41) is 2.91. The summed E-state index contributed by atoms with van der Waals surface area (Å²) in [5.41, 5.74) is 3.09. The fraction of sp³-hybridized carbons (Fsp3) is 0.160. The Morgan fingerprint density at radius 3 is 2.38 bits per heavy atom. The van der Waals surface area contributed by atoms with E-state index in [1.807, 2.05) is 59.2 Å². The monoisotopic (exact) mass is 428 g/mol. The zero-order valence-corrected chi connectivity index (χ0v) is 18.0. The van der Waals surface area contributed by atoms with E-state index in [0.717, 1.165) is 22.5 Å². The van der Waals surface area contributed by atoms with Gasteiger partial charge in [0.1, 0.15) is 24.7 Å². The fourth-order valence-electron chi connectivity index (χ4n) is 3.37. The Kier molecular flexibility index (Phi) is 6.17. The molecule has 7 heteroatoms. The predicted octanol–water partition coefficient (Wildman–Crippen LogP) is 4.24. The lowest BCUT2D eigenvalue weighted by Gasteiger charge is -2.15. The molecule has 2 amide bonds. The van der Waals surface area contributed by atoms with Crippen molar-refractivity contribution in [2.75, 3.05) is 17.3 Å². The molecule has 162 valence electrons. The summed E-state index contributed by atoms with van der Waals surface area (Å²) in [6.45, 7) is 1.85. The van der Waals surface area contributed by atoms with Crippen molar-refractivity contribution in [3.8, 4) is 5.75 Å². The topological polar surface area (TPSA) is 76.5 Å².